The Balaban J connectivity index is 1.58. The molecule has 0 spiro atoms. The van der Waals surface area contributed by atoms with Crippen LogP contribution in [0.15, 0.2) is 24.3 Å². The Bertz CT molecular complexity index is 593. The first-order valence-electron chi connectivity index (χ1n) is 8.86. The Hall–Kier alpha value is -1.88. The van der Waals surface area contributed by atoms with Crippen LogP contribution in [-0.2, 0) is 9.53 Å². The lowest BCUT2D eigenvalue weighted by molar-refractivity contribution is -0.117. The molecule has 24 heavy (non-hydrogen) atoms. The van der Waals surface area contributed by atoms with Crippen molar-refractivity contribution in [1.82, 2.24) is 4.90 Å². The summed E-state index contributed by atoms with van der Waals surface area (Å²) < 4.78 is 5.39. The number of hydrogen-bond acceptors (Lipinski definition) is 3. The van der Waals surface area contributed by atoms with Gasteiger partial charge in [-0.05, 0) is 49.9 Å². The quantitative estimate of drug-likeness (QED) is 0.872. The van der Waals surface area contributed by atoms with E-state index in [2.05, 4.69) is 12.2 Å². The molecular formula is C19H26N2O3. The summed E-state index contributed by atoms with van der Waals surface area (Å²) in [5, 5.41) is 2.92. The molecule has 0 aromatic heterocycles. The Labute approximate surface area is 143 Å². The minimum Gasteiger partial charge on any atom is -0.381 e. The summed E-state index contributed by atoms with van der Waals surface area (Å²) in [6, 6.07) is 7.21. The summed E-state index contributed by atoms with van der Waals surface area (Å²) >= 11 is 0. The van der Waals surface area contributed by atoms with Crippen molar-refractivity contribution in [2.24, 2.45) is 17.8 Å². The summed E-state index contributed by atoms with van der Waals surface area (Å²) in [5.74, 6) is 1.20. The van der Waals surface area contributed by atoms with Crippen molar-refractivity contribution in [3.05, 3.63) is 29.8 Å². The molecule has 1 saturated heterocycles. The van der Waals surface area contributed by atoms with Crippen LogP contribution < -0.4 is 5.32 Å². The number of hydrogen-bond donors (Lipinski definition) is 1. The average Bonchev–Trinajstić information content (AvgIpc) is 3.10. The van der Waals surface area contributed by atoms with Gasteiger partial charge in [0.05, 0.1) is 6.61 Å². The predicted molar refractivity (Wildman–Crippen MR) is 92.8 cm³/mol. The van der Waals surface area contributed by atoms with Gasteiger partial charge in [-0.15, -0.1) is 0 Å². The average molecular weight is 330 g/mol. The third kappa shape index (κ3) is 3.96. The van der Waals surface area contributed by atoms with Gasteiger partial charge in [-0.25, -0.2) is 0 Å². The van der Waals surface area contributed by atoms with Crippen LogP contribution in [0.2, 0.25) is 0 Å². The Morgan fingerprint density at radius 3 is 2.54 bits per heavy atom. The van der Waals surface area contributed by atoms with Crippen LogP contribution in [0.25, 0.3) is 0 Å². The molecule has 1 aromatic rings. The molecule has 1 aromatic carbocycles. The minimum absolute atomic E-state index is 0.0399. The molecule has 1 heterocycles. The van der Waals surface area contributed by atoms with Crippen molar-refractivity contribution >= 4 is 17.5 Å². The summed E-state index contributed by atoms with van der Waals surface area (Å²) in [5.41, 5.74) is 1.41. The molecule has 0 bridgehead atoms. The normalized spacial score (nSPS) is 25.3. The Kier molecular flexibility index (Phi) is 5.19. The molecule has 1 aliphatic heterocycles. The Morgan fingerprint density at radius 1 is 1.29 bits per heavy atom. The van der Waals surface area contributed by atoms with Crippen LogP contribution in [0.5, 0.6) is 0 Å². The third-order valence-corrected chi connectivity index (χ3v) is 5.02. The molecule has 130 valence electrons. The maximum absolute atomic E-state index is 12.7. The van der Waals surface area contributed by atoms with E-state index in [1.807, 2.05) is 24.0 Å². The lowest BCUT2D eigenvalue weighted by Gasteiger charge is -2.24. The molecular weight excluding hydrogens is 304 g/mol. The van der Waals surface area contributed by atoms with Gasteiger partial charge in [0.25, 0.3) is 5.91 Å². The van der Waals surface area contributed by atoms with Gasteiger partial charge >= 0.3 is 0 Å². The van der Waals surface area contributed by atoms with Gasteiger partial charge in [0.2, 0.25) is 5.91 Å². The van der Waals surface area contributed by atoms with Gasteiger partial charge in [-0.1, -0.05) is 6.92 Å². The zero-order chi connectivity index (χ0) is 17.1. The highest BCUT2D eigenvalue weighted by atomic mass is 16.5. The van der Waals surface area contributed by atoms with Crippen LogP contribution >= 0.6 is 0 Å². The van der Waals surface area contributed by atoms with Crippen molar-refractivity contribution in [3.63, 3.8) is 0 Å². The fourth-order valence-corrected chi connectivity index (χ4v) is 3.20. The molecule has 1 saturated carbocycles. The van der Waals surface area contributed by atoms with E-state index in [4.69, 9.17) is 4.74 Å². The number of nitrogens with zero attached hydrogens (tertiary/aromatic N) is 1. The van der Waals surface area contributed by atoms with E-state index in [9.17, 15) is 9.59 Å². The number of nitrogens with one attached hydrogen (secondary N) is 1. The van der Waals surface area contributed by atoms with Crippen LogP contribution in [0.4, 0.5) is 5.69 Å². The molecule has 5 nitrogen and oxygen atoms in total. The minimum atomic E-state index is 0.0399. The highest BCUT2D eigenvalue weighted by Crippen LogP contribution is 2.38. The summed E-state index contributed by atoms with van der Waals surface area (Å²) in [7, 11) is 0. The number of carbonyl (C=O) groups excluding carboxylic acids is 2. The maximum atomic E-state index is 12.7. The molecule has 2 aliphatic rings. The van der Waals surface area contributed by atoms with Gasteiger partial charge < -0.3 is 15.0 Å². The number of amides is 2. The largest absolute Gasteiger partial charge is 0.381 e. The first-order valence-corrected chi connectivity index (χ1v) is 8.86. The van der Waals surface area contributed by atoms with E-state index in [0.29, 0.717) is 23.9 Å². The zero-order valence-corrected chi connectivity index (χ0v) is 14.5. The van der Waals surface area contributed by atoms with E-state index < -0.39 is 0 Å². The lowest BCUT2D eigenvalue weighted by Crippen LogP contribution is -2.35. The molecule has 0 unspecified atom stereocenters. The van der Waals surface area contributed by atoms with Gasteiger partial charge in [-0.2, -0.15) is 0 Å². The molecule has 1 N–H and O–H groups in total. The SMILES string of the molecule is CCN(C[C@@H]1CCOC1)C(=O)c1ccc(NC(=O)[C@H]2C[C@@H]2C)cc1. The zero-order valence-electron chi connectivity index (χ0n) is 14.5. The van der Waals surface area contributed by atoms with Crippen LogP contribution in [0.1, 0.15) is 37.0 Å². The van der Waals surface area contributed by atoms with Gasteiger partial charge in [-0.3, -0.25) is 9.59 Å². The van der Waals surface area contributed by atoms with Gasteiger partial charge in [0.1, 0.15) is 0 Å². The number of ether oxygens (including phenoxy) is 1. The second kappa shape index (κ2) is 7.34. The number of anilines is 1. The van der Waals surface area contributed by atoms with E-state index in [0.717, 1.165) is 38.3 Å². The van der Waals surface area contributed by atoms with E-state index >= 15 is 0 Å². The molecule has 2 amide bonds. The van der Waals surface area contributed by atoms with Gasteiger partial charge in [0.15, 0.2) is 0 Å². The summed E-state index contributed by atoms with van der Waals surface area (Å²) in [4.78, 5) is 26.5. The van der Waals surface area contributed by atoms with E-state index in [1.165, 1.54) is 0 Å². The van der Waals surface area contributed by atoms with Crippen molar-refractivity contribution in [2.45, 2.75) is 26.7 Å². The molecule has 0 radical (unpaired) electrons. The number of benzene rings is 1. The van der Waals surface area contributed by atoms with Crippen molar-refractivity contribution < 1.29 is 14.3 Å². The number of rotatable bonds is 6. The van der Waals surface area contributed by atoms with Crippen molar-refractivity contribution in [3.8, 4) is 0 Å². The highest BCUT2D eigenvalue weighted by molar-refractivity contribution is 5.97. The molecule has 5 heteroatoms. The highest BCUT2D eigenvalue weighted by Gasteiger charge is 2.39. The predicted octanol–water partition coefficient (Wildman–Crippen LogP) is 2.78. The first kappa shape index (κ1) is 17.0. The smallest absolute Gasteiger partial charge is 0.253 e. The molecule has 3 rings (SSSR count). The maximum Gasteiger partial charge on any atom is 0.253 e. The van der Waals surface area contributed by atoms with Crippen molar-refractivity contribution in [1.29, 1.82) is 0 Å². The number of carbonyl (C=O) groups is 2. The molecule has 3 atom stereocenters. The molecule has 1 aliphatic carbocycles. The fourth-order valence-electron chi connectivity index (χ4n) is 3.20. The van der Waals surface area contributed by atoms with Crippen LogP contribution in [0.3, 0.4) is 0 Å². The Morgan fingerprint density at radius 2 is 2.00 bits per heavy atom. The monoisotopic (exact) mass is 330 g/mol. The summed E-state index contributed by atoms with van der Waals surface area (Å²) in [6.07, 6.45) is 1.99. The summed E-state index contributed by atoms with van der Waals surface area (Å²) in [6.45, 7) is 7.05. The van der Waals surface area contributed by atoms with E-state index in [-0.39, 0.29) is 17.7 Å². The second-order valence-corrected chi connectivity index (χ2v) is 6.96. The lowest BCUT2D eigenvalue weighted by atomic mass is 10.1. The fraction of sp³-hybridized carbons (Fsp3) is 0.579. The van der Waals surface area contributed by atoms with Gasteiger partial charge in [0, 0.05) is 42.8 Å². The third-order valence-electron chi connectivity index (χ3n) is 5.02. The standard InChI is InChI=1S/C19H26N2O3/c1-3-21(11-14-8-9-24-12-14)19(23)15-4-6-16(7-5-15)20-18(22)17-10-13(17)2/h4-7,13-14,17H,3,8-12H2,1-2H3,(H,20,22)/t13-,14-,17-/m0/s1. The second-order valence-electron chi connectivity index (χ2n) is 6.96. The molecule has 2 fully saturated rings. The van der Waals surface area contributed by atoms with Crippen LogP contribution in [-0.4, -0.2) is 43.0 Å². The van der Waals surface area contributed by atoms with Crippen molar-refractivity contribution in [2.75, 3.05) is 31.6 Å². The van der Waals surface area contributed by atoms with E-state index in [1.54, 1.807) is 12.1 Å². The topological polar surface area (TPSA) is 58.6 Å². The first-order chi connectivity index (χ1) is 11.6. The van der Waals surface area contributed by atoms with Crippen LogP contribution in [0, 0.1) is 17.8 Å².